The van der Waals surface area contributed by atoms with Gasteiger partial charge in [0.15, 0.2) is 0 Å². The zero-order valence-corrected chi connectivity index (χ0v) is 10.8. The van der Waals surface area contributed by atoms with Crippen LogP contribution in [0.3, 0.4) is 0 Å². The van der Waals surface area contributed by atoms with E-state index in [2.05, 4.69) is 41.0 Å². The molecule has 1 aromatic heterocycles. The minimum atomic E-state index is 1.00. The molecule has 84 valence electrons. The maximum atomic E-state index is 3.49. The Balaban J connectivity index is 2.05. The van der Waals surface area contributed by atoms with Crippen LogP contribution in [-0.2, 0) is 0 Å². The van der Waals surface area contributed by atoms with E-state index >= 15 is 0 Å². The first-order chi connectivity index (χ1) is 8.43. The normalized spacial score (nSPS) is 17.4. The lowest BCUT2D eigenvalue weighted by molar-refractivity contribution is 0.901. The van der Waals surface area contributed by atoms with Gasteiger partial charge in [0, 0.05) is 27.8 Å². The molecule has 1 N–H and O–H groups in total. The molecule has 0 unspecified atom stereocenters. The Morgan fingerprint density at radius 1 is 0.941 bits per heavy atom. The molecule has 0 atom stereocenters. The van der Waals surface area contributed by atoms with Crippen LogP contribution in [-0.4, -0.2) is 13.1 Å². The van der Waals surface area contributed by atoms with E-state index in [1.165, 1.54) is 31.4 Å². The molecular formula is C14H11NS2. The summed E-state index contributed by atoms with van der Waals surface area (Å²) in [7, 11) is 0. The van der Waals surface area contributed by atoms with Crippen LogP contribution in [0.15, 0.2) is 45.5 Å². The molecule has 0 radical (unpaired) electrons. The Labute approximate surface area is 109 Å². The van der Waals surface area contributed by atoms with Crippen molar-refractivity contribution in [1.29, 1.82) is 0 Å². The van der Waals surface area contributed by atoms with Crippen molar-refractivity contribution < 1.29 is 0 Å². The van der Waals surface area contributed by atoms with Gasteiger partial charge >= 0.3 is 0 Å². The Hall–Kier alpha value is -1.03. The lowest BCUT2D eigenvalue weighted by Crippen LogP contribution is -2.09. The smallest absolute Gasteiger partial charge is 0.0458 e. The van der Waals surface area contributed by atoms with Crippen LogP contribution in [0, 0.1) is 0 Å². The Morgan fingerprint density at radius 2 is 1.82 bits per heavy atom. The molecule has 0 amide bonds. The predicted molar refractivity (Wildman–Crippen MR) is 74.6 cm³/mol. The fourth-order valence-corrected chi connectivity index (χ4v) is 4.78. The van der Waals surface area contributed by atoms with Crippen molar-refractivity contribution in [2.45, 2.75) is 9.79 Å². The molecular weight excluding hydrogens is 246 g/mol. The molecule has 0 saturated heterocycles. The van der Waals surface area contributed by atoms with Crippen molar-refractivity contribution >= 4 is 34.2 Å². The summed E-state index contributed by atoms with van der Waals surface area (Å²) in [6, 6.07) is 11.0. The lowest BCUT2D eigenvalue weighted by atomic mass is 10.0. The summed E-state index contributed by atoms with van der Waals surface area (Å²) in [5, 5.41) is 5.69. The minimum absolute atomic E-state index is 1.00. The molecule has 2 aliphatic heterocycles. The third-order valence-electron chi connectivity index (χ3n) is 3.30. The van der Waals surface area contributed by atoms with Gasteiger partial charge in [-0.05, 0) is 34.2 Å². The van der Waals surface area contributed by atoms with Crippen LogP contribution in [0.25, 0.3) is 11.1 Å². The second kappa shape index (κ2) is 3.73. The molecule has 0 aliphatic carbocycles. The number of hydrogen-bond acceptors (Lipinski definition) is 3. The number of rotatable bonds is 0. The Bertz CT molecular complexity index is 625. The van der Waals surface area contributed by atoms with Crippen LogP contribution >= 0.6 is 23.1 Å². The fraction of sp³-hybridized carbons (Fsp3) is 0.143. The van der Waals surface area contributed by atoms with E-state index in [1.807, 2.05) is 23.1 Å². The lowest BCUT2D eigenvalue weighted by Gasteiger charge is -2.07. The van der Waals surface area contributed by atoms with Crippen LogP contribution in [0.1, 0.15) is 10.4 Å². The van der Waals surface area contributed by atoms with Crippen molar-refractivity contribution in [2.24, 2.45) is 0 Å². The van der Waals surface area contributed by atoms with E-state index in [-0.39, 0.29) is 0 Å². The molecule has 1 aromatic carbocycles. The zero-order chi connectivity index (χ0) is 11.2. The van der Waals surface area contributed by atoms with E-state index in [9.17, 15) is 0 Å². The average molecular weight is 257 g/mol. The molecule has 4 rings (SSSR count). The largest absolute Gasteiger partial charge is 0.309 e. The van der Waals surface area contributed by atoms with E-state index in [0.29, 0.717) is 0 Å². The average Bonchev–Trinajstić information content (AvgIpc) is 2.96. The highest BCUT2D eigenvalue weighted by Gasteiger charge is 2.25. The molecule has 0 spiro atoms. The number of fused-ring (bicyclic) bond motifs is 4. The standard InChI is InChI=1S/C14H11NS2/c1-2-4-12-9(3-1)10-7-15-8-11(10)14-13(17-12)5-6-16-14/h1-6,15H,7-8H2. The van der Waals surface area contributed by atoms with Gasteiger partial charge in [0.2, 0.25) is 0 Å². The van der Waals surface area contributed by atoms with Gasteiger partial charge < -0.3 is 5.32 Å². The predicted octanol–water partition coefficient (Wildman–Crippen LogP) is 3.73. The molecule has 3 heterocycles. The van der Waals surface area contributed by atoms with E-state index in [4.69, 9.17) is 0 Å². The number of benzene rings is 1. The quantitative estimate of drug-likeness (QED) is 0.772. The van der Waals surface area contributed by atoms with Crippen molar-refractivity contribution in [2.75, 3.05) is 13.1 Å². The summed E-state index contributed by atoms with van der Waals surface area (Å²) >= 11 is 3.77. The molecule has 2 aliphatic rings. The van der Waals surface area contributed by atoms with Gasteiger partial charge in [-0.2, -0.15) is 0 Å². The first-order valence-corrected chi connectivity index (χ1v) is 7.41. The highest BCUT2D eigenvalue weighted by molar-refractivity contribution is 7.99. The van der Waals surface area contributed by atoms with Crippen LogP contribution < -0.4 is 5.32 Å². The molecule has 17 heavy (non-hydrogen) atoms. The summed E-state index contributed by atoms with van der Waals surface area (Å²) in [6.45, 7) is 2.02. The number of hydrogen-bond donors (Lipinski definition) is 1. The summed E-state index contributed by atoms with van der Waals surface area (Å²) in [5.41, 5.74) is 4.42. The molecule has 0 saturated carbocycles. The summed E-state index contributed by atoms with van der Waals surface area (Å²) in [6.07, 6.45) is 0. The highest BCUT2D eigenvalue weighted by Crippen LogP contribution is 2.46. The molecule has 0 bridgehead atoms. The van der Waals surface area contributed by atoms with Crippen molar-refractivity contribution in [1.82, 2.24) is 5.32 Å². The SMILES string of the molecule is c1ccc2c(c1)Sc1ccsc1C1=C2CNC1. The number of nitrogens with one attached hydrogen (secondary N) is 1. The van der Waals surface area contributed by atoms with E-state index in [0.717, 1.165) is 13.1 Å². The monoisotopic (exact) mass is 257 g/mol. The van der Waals surface area contributed by atoms with Crippen molar-refractivity contribution in [3.05, 3.63) is 46.2 Å². The van der Waals surface area contributed by atoms with Gasteiger partial charge in [-0.25, -0.2) is 0 Å². The molecule has 2 aromatic rings. The first kappa shape index (κ1) is 9.95. The van der Waals surface area contributed by atoms with Crippen molar-refractivity contribution in [3.8, 4) is 0 Å². The second-order valence-corrected chi connectivity index (χ2v) is 6.27. The third-order valence-corrected chi connectivity index (χ3v) is 5.54. The van der Waals surface area contributed by atoms with Gasteiger partial charge in [-0.3, -0.25) is 0 Å². The summed E-state index contributed by atoms with van der Waals surface area (Å²) in [5.74, 6) is 0. The van der Waals surface area contributed by atoms with Crippen LogP contribution in [0.2, 0.25) is 0 Å². The van der Waals surface area contributed by atoms with Gasteiger partial charge in [0.05, 0.1) is 0 Å². The minimum Gasteiger partial charge on any atom is -0.309 e. The second-order valence-electron chi connectivity index (χ2n) is 4.27. The van der Waals surface area contributed by atoms with Gasteiger partial charge in [0.1, 0.15) is 0 Å². The van der Waals surface area contributed by atoms with Crippen molar-refractivity contribution in [3.63, 3.8) is 0 Å². The first-order valence-electron chi connectivity index (χ1n) is 5.71. The molecule has 0 fully saturated rings. The maximum Gasteiger partial charge on any atom is 0.0458 e. The van der Waals surface area contributed by atoms with E-state index in [1.54, 1.807) is 0 Å². The van der Waals surface area contributed by atoms with Crippen LogP contribution in [0.5, 0.6) is 0 Å². The van der Waals surface area contributed by atoms with Crippen LogP contribution in [0.4, 0.5) is 0 Å². The Kier molecular flexibility index (Phi) is 2.18. The zero-order valence-electron chi connectivity index (χ0n) is 9.19. The highest BCUT2D eigenvalue weighted by atomic mass is 32.2. The number of thiophene rings is 1. The van der Waals surface area contributed by atoms with Gasteiger partial charge in [0.25, 0.3) is 0 Å². The molecule has 3 heteroatoms. The summed E-state index contributed by atoms with van der Waals surface area (Å²) in [4.78, 5) is 4.27. The topological polar surface area (TPSA) is 12.0 Å². The Morgan fingerprint density at radius 3 is 2.82 bits per heavy atom. The van der Waals surface area contributed by atoms with Gasteiger partial charge in [-0.15, -0.1) is 11.3 Å². The van der Waals surface area contributed by atoms with Gasteiger partial charge in [-0.1, -0.05) is 30.0 Å². The third kappa shape index (κ3) is 1.43. The maximum absolute atomic E-state index is 3.49. The summed E-state index contributed by atoms with van der Waals surface area (Å²) < 4.78 is 0. The van der Waals surface area contributed by atoms with E-state index < -0.39 is 0 Å². The molecule has 1 nitrogen and oxygen atoms in total. The fourth-order valence-electron chi connectivity index (χ4n) is 2.52.